The van der Waals surface area contributed by atoms with Crippen LogP contribution in [0.1, 0.15) is 29.3 Å². The molecule has 1 aromatic carbocycles. The highest BCUT2D eigenvalue weighted by Crippen LogP contribution is 2.31. The molecule has 0 radical (unpaired) electrons. The molecule has 1 aliphatic heterocycles. The van der Waals surface area contributed by atoms with Gasteiger partial charge in [-0.25, -0.2) is 4.98 Å². The van der Waals surface area contributed by atoms with E-state index in [0.717, 1.165) is 17.7 Å². The van der Waals surface area contributed by atoms with E-state index in [-0.39, 0.29) is 22.6 Å². The first-order chi connectivity index (χ1) is 12.0. The molecule has 2 atom stereocenters. The smallest absolute Gasteiger partial charge is 0.288 e. The van der Waals surface area contributed by atoms with Gasteiger partial charge in [0.25, 0.3) is 11.2 Å². The van der Waals surface area contributed by atoms with Gasteiger partial charge in [-0.1, -0.05) is 36.7 Å². The van der Waals surface area contributed by atoms with Crippen LogP contribution in [0.2, 0.25) is 5.02 Å². The monoisotopic (exact) mass is 375 g/mol. The number of benzene rings is 1. The Labute approximate surface area is 155 Å². The predicted octanol–water partition coefficient (Wildman–Crippen LogP) is 3.49. The number of aromatic nitrogens is 1. The van der Waals surface area contributed by atoms with E-state index in [9.17, 15) is 9.59 Å². The molecule has 3 rings (SSSR count). The summed E-state index contributed by atoms with van der Waals surface area (Å²) in [6.45, 7) is 2.38. The maximum Gasteiger partial charge on any atom is 0.289 e. The second kappa shape index (κ2) is 7.58. The van der Waals surface area contributed by atoms with Crippen molar-refractivity contribution in [3.63, 3.8) is 0 Å². The van der Waals surface area contributed by atoms with Crippen molar-refractivity contribution in [1.82, 2.24) is 4.98 Å². The number of Topliss-reactive ketones (excluding diaryl/α,β-unsaturated/α-hetero) is 1. The lowest BCUT2D eigenvalue weighted by Crippen LogP contribution is -2.52. The van der Waals surface area contributed by atoms with Crippen molar-refractivity contribution < 1.29 is 9.59 Å². The Morgan fingerprint density at radius 1 is 1.20 bits per heavy atom. The molecule has 25 heavy (non-hydrogen) atoms. The van der Waals surface area contributed by atoms with E-state index in [4.69, 9.17) is 11.6 Å². The Morgan fingerprint density at radius 2 is 1.96 bits per heavy atom. The third kappa shape index (κ3) is 3.44. The average molecular weight is 376 g/mol. The molecule has 0 N–H and O–H groups in total. The fourth-order valence-electron chi connectivity index (χ4n) is 3.05. The molecule has 2 heterocycles. The molecule has 1 aromatic heterocycles. The molecule has 6 heteroatoms. The van der Waals surface area contributed by atoms with Gasteiger partial charge in [0.05, 0.1) is 18.4 Å². The summed E-state index contributed by atoms with van der Waals surface area (Å²) in [6.07, 6.45) is 4.55. The summed E-state index contributed by atoms with van der Waals surface area (Å²) >= 11 is 6.27. The van der Waals surface area contributed by atoms with Crippen LogP contribution in [0.4, 0.5) is 5.82 Å². The second-order valence-electron chi connectivity index (χ2n) is 6.03. The van der Waals surface area contributed by atoms with Crippen molar-refractivity contribution in [2.45, 2.75) is 25.1 Å². The molecule has 0 saturated heterocycles. The molecule has 130 valence electrons. The van der Waals surface area contributed by atoms with Gasteiger partial charge in [0.2, 0.25) is 5.78 Å². The minimum atomic E-state index is -0.626. The lowest BCUT2D eigenvalue weighted by atomic mass is 10.0. The Morgan fingerprint density at radius 3 is 2.68 bits per heavy atom. The summed E-state index contributed by atoms with van der Waals surface area (Å²) in [4.78, 5) is 32.0. The van der Waals surface area contributed by atoms with Gasteiger partial charge in [0.15, 0.2) is 0 Å². The van der Waals surface area contributed by atoms with E-state index in [0.29, 0.717) is 22.9 Å². The molecule has 2 unspecified atom stereocenters. The molecular weight excluding hydrogens is 356 g/mol. The van der Waals surface area contributed by atoms with Gasteiger partial charge in [0, 0.05) is 22.1 Å². The Hall–Kier alpha value is -1.85. The Bertz CT molecular complexity index is 812. The molecule has 2 aromatic rings. The van der Waals surface area contributed by atoms with Crippen molar-refractivity contribution in [1.29, 1.82) is 0 Å². The van der Waals surface area contributed by atoms with Gasteiger partial charge in [-0.3, -0.25) is 14.5 Å². The van der Waals surface area contributed by atoms with Gasteiger partial charge in [-0.2, -0.15) is 0 Å². The van der Waals surface area contributed by atoms with Crippen LogP contribution >= 0.6 is 11.6 Å². The minimum Gasteiger partial charge on any atom is -0.288 e. The second-order valence-corrected chi connectivity index (χ2v) is 8.70. The van der Waals surface area contributed by atoms with Crippen LogP contribution in [0.3, 0.4) is 0 Å². The number of halogens is 1. The van der Waals surface area contributed by atoms with Crippen molar-refractivity contribution >= 4 is 40.0 Å². The maximum absolute atomic E-state index is 13.2. The largest absolute Gasteiger partial charge is 0.289 e. The summed E-state index contributed by atoms with van der Waals surface area (Å²) in [5.74, 6) is 1.01. The number of ketones is 1. The molecule has 0 fully saturated rings. The zero-order valence-corrected chi connectivity index (χ0v) is 15.8. The third-order valence-corrected chi connectivity index (χ3v) is 6.89. The number of nitrogens with zero attached hydrogens (tertiary/aromatic N) is 2. The van der Waals surface area contributed by atoms with Gasteiger partial charge in [-0.05, 0) is 30.2 Å². The summed E-state index contributed by atoms with van der Waals surface area (Å²) < 4.78 is 0. The van der Waals surface area contributed by atoms with Crippen LogP contribution in [0.15, 0.2) is 42.6 Å². The molecule has 0 aliphatic carbocycles. The number of carbonyl (C=O) groups is 2. The van der Waals surface area contributed by atoms with Gasteiger partial charge >= 0.3 is 0 Å². The van der Waals surface area contributed by atoms with Crippen LogP contribution < -0.4 is 4.90 Å². The molecule has 4 nitrogen and oxygen atoms in total. The van der Waals surface area contributed by atoms with Crippen molar-refractivity contribution in [2.75, 3.05) is 16.9 Å². The first-order valence-electron chi connectivity index (χ1n) is 8.20. The molecular formula is C19H20ClN2O2S+. The standard InChI is InChI=1S/C19H20ClN2O2S/c1-3-11-25(2)17-16(23)14-8-6-10-21-18(14)22(19(17)24)12-13-7-4-5-9-15(13)20/h4-10,17H,3,11-12H2,1-2H3/q+1. The van der Waals surface area contributed by atoms with E-state index in [1.54, 1.807) is 29.3 Å². The van der Waals surface area contributed by atoms with Crippen molar-refractivity contribution in [3.8, 4) is 0 Å². The quantitative estimate of drug-likeness (QED) is 0.593. The highest BCUT2D eigenvalue weighted by molar-refractivity contribution is 7.98. The molecule has 0 saturated carbocycles. The van der Waals surface area contributed by atoms with Gasteiger partial charge in [0.1, 0.15) is 11.6 Å². The molecule has 0 spiro atoms. The van der Waals surface area contributed by atoms with E-state index in [1.165, 1.54) is 0 Å². The fraction of sp³-hybridized carbons (Fsp3) is 0.316. The van der Waals surface area contributed by atoms with E-state index in [2.05, 4.69) is 11.9 Å². The lowest BCUT2D eigenvalue weighted by Gasteiger charge is -2.31. The number of anilines is 1. The number of carbonyl (C=O) groups excluding carboxylic acids is 2. The summed E-state index contributed by atoms with van der Waals surface area (Å²) in [7, 11) is -0.309. The number of rotatable bonds is 5. The first kappa shape index (κ1) is 18.0. The Balaban J connectivity index is 2.03. The topological polar surface area (TPSA) is 50.3 Å². The van der Waals surface area contributed by atoms with Gasteiger partial charge < -0.3 is 0 Å². The van der Waals surface area contributed by atoms with Crippen molar-refractivity contribution in [2.24, 2.45) is 0 Å². The number of pyridine rings is 1. The highest BCUT2D eigenvalue weighted by Gasteiger charge is 2.48. The number of amides is 1. The van der Waals surface area contributed by atoms with Crippen LogP contribution in [0.25, 0.3) is 0 Å². The summed E-state index contributed by atoms with van der Waals surface area (Å²) in [6, 6.07) is 10.9. The van der Waals surface area contributed by atoms with Crippen LogP contribution in [-0.4, -0.2) is 33.9 Å². The van der Waals surface area contributed by atoms with Crippen molar-refractivity contribution in [3.05, 3.63) is 58.7 Å². The normalized spacial score (nSPS) is 18.2. The zero-order valence-electron chi connectivity index (χ0n) is 14.2. The SMILES string of the molecule is CCC[S+](C)C1C(=O)c2cccnc2N(Cc2ccccc2Cl)C1=O. The third-order valence-electron chi connectivity index (χ3n) is 4.25. The number of hydrogen-bond acceptors (Lipinski definition) is 3. The van der Waals surface area contributed by atoms with Gasteiger partial charge in [-0.15, -0.1) is 0 Å². The van der Waals surface area contributed by atoms with E-state index < -0.39 is 5.25 Å². The minimum absolute atomic E-state index is 0.109. The Kier molecular flexibility index (Phi) is 5.45. The first-order valence-corrected chi connectivity index (χ1v) is 10.4. The predicted molar refractivity (Wildman–Crippen MR) is 103 cm³/mol. The highest BCUT2D eigenvalue weighted by atomic mass is 35.5. The molecule has 1 aliphatic rings. The van der Waals surface area contributed by atoms with Crippen LogP contribution in [0.5, 0.6) is 0 Å². The fourth-order valence-corrected chi connectivity index (χ4v) is 5.09. The lowest BCUT2D eigenvalue weighted by molar-refractivity contribution is -0.117. The molecule has 0 bridgehead atoms. The molecule has 1 amide bonds. The van der Waals surface area contributed by atoms with Crippen LogP contribution in [-0.2, 0) is 22.2 Å². The van der Waals surface area contributed by atoms with E-state index in [1.807, 2.05) is 24.5 Å². The number of fused-ring (bicyclic) bond motifs is 1. The average Bonchev–Trinajstić information content (AvgIpc) is 2.60. The maximum atomic E-state index is 13.2. The van der Waals surface area contributed by atoms with E-state index >= 15 is 0 Å². The summed E-state index contributed by atoms with van der Waals surface area (Å²) in [5, 5.41) is -0.0237. The van der Waals surface area contributed by atoms with Crippen LogP contribution in [0, 0.1) is 0 Å². The zero-order chi connectivity index (χ0) is 18.0. The summed E-state index contributed by atoms with van der Waals surface area (Å²) in [5.41, 5.74) is 1.36. The number of hydrogen-bond donors (Lipinski definition) is 0.